The third kappa shape index (κ3) is 4.40. The lowest BCUT2D eigenvalue weighted by molar-refractivity contribution is 0.102. The molecule has 4 rings (SSSR count). The highest BCUT2D eigenvalue weighted by Gasteiger charge is 2.11. The Morgan fingerprint density at radius 2 is 1.58 bits per heavy atom. The van der Waals surface area contributed by atoms with Gasteiger partial charge in [-0.3, -0.25) is 4.79 Å². The second kappa shape index (κ2) is 8.71. The monoisotopic (exact) mass is 414 g/mol. The summed E-state index contributed by atoms with van der Waals surface area (Å²) in [5, 5.41) is 7.01. The Bertz CT molecular complexity index is 1240. The van der Waals surface area contributed by atoms with Gasteiger partial charge in [0.15, 0.2) is 11.5 Å². The van der Waals surface area contributed by atoms with Crippen molar-refractivity contribution in [3.63, 3.8) is 0 Å². The van der Waals surface area contributed by atoms with Crippen LogP contribution in [-0.2, 0) is 0 Å². The van der Waals surface area contributed by atoms with Gasteiger partial charge in [0.2, 0.25) is 0 Å². The van der Waals surface area contributed by atoms with Gasteiger partial charge < -0.3 is 20.1 Å². The van der Waals surface area contributed by atoms with Gasteiger partial charge in [-0.15, -0.1) is 0 Å². The Balaban J connectivity index is 1.54. The molecule has 0 aliphatic rings. The summed E-state index contributed by atoms with van der Waals surface area (Å²) in [4.78, 5) is 21.1. The van der Waals surface area contributed by atoms with Crippen molar-refractivity contribution in [3.05, 3.63) is 78.1 Å². The number of fused-ring (bicyclic) bond motifs is 1. The van der Waals surface area contributed by atoms with Gasteiger partial charge in [0.05, 0.1) is 19.7 Å². The van der Waals surface area contributed by atoms with Crippen LogP contribution in [0, 0.1) is 6.92 Å². The molecule has 4 aromatic rings. The van der Waals surface area contributed by atoms with Crippen molar-refractivity contribution in [1.82, 2.24) is 9.97 Å². The molecule has 1 amide bonds. The number of ether oxygens (including phenoxy) is 2. The number of rotatable bonds is 6. The number of amides is 1. The van der Waals surface area contributed by atoms with E-state index in [2.05, 4.69) is 20.6 Å². The molecule has 0 radical (unpaired) electrons. The van der Waals surface area contributed by atoms with Crippen molar-refractivity contribution in [2.45, 2.75) is 6.92 Å². The van der Waals surface area contributed by atoms with Crippen LogP contribution in [0.3, 0.4) is 0 Å². The normalized spacial score (nSPS) is 10.5. The Hall–Kier alpha value is -4.13. The molecular weight excluding hydrogens is 392 g/mol. The predicted octanol–water partition coefficient (Wildman–Crippen LogP) is 4.95. The molecule has 0 bridgehead atoms. The van der Waals surface area contributed by atoms with Crippen LogP contribution >= 0.6 is 0 Å². The third-order valence-electron chi connectivity index (χ3n) is 4.83. The van der Waals surface area contributed by atoms with Crippen LogP contribution in [0.15, 0.2) is 67.0 Å². The molecule has 0 saturated heterocycles. The highest BCUT2D eigenvalue weighted by atomic mass is 16.5. The van der Waals surface area contributed by atoms with Crippen molar-refractivity contribution in [2.24, 2.45) is 0 Å². The maximum absolute atomic E-state index is 12.4. The molecule has 0 unspecified atom stereocenters. The van der Waals surface area contributed by atoms with Gasteiger partial charge in [-0.2, -0.15) is 0 Å². The van der Waals surface area contributed by atoms with Crippen LogP contribution in [-0.4, -0.2) is 30.1 Å². The van der Waals surface area contributed by atoms with Crippen molar-refractivity contribution in [2.75, 3.05) is 24.9 Å². The molecule has 7 heteroatoms. The maximum Gasteiger partial charge on any atom is 0.255 e. The smallest absolute Gasteiger partial charge is 0.255 e. The van der Waals surface area contributed by atoms with Gasteiger partial charge in [0.1, 0.15) is 12.1 Å². The average Bonchev–Trinajstić information content (AvgIpc) is 2.79. The number of aryl methyl sites for hydroxylation is 1. The molecule has 31 heavy (non-hydrogen) atoms. The zero-order valence-corrected chi connectivity index (χ0v) is 17.5. The standard InChI is InChI=1S/C24H22N4O3/c1-15-5-4-6-16(11-15)24(29)28-18-9-7-17(8-10-18)27-23-19-12-21(30-2)22(31-3)13-20(19)25-14-26-23/h4-14H,1-3H3,(H,28,29)(H,25,26,27). The van der Waals surface area contributed by atoms with E-state index in [0.717, 1.165) is 22.2 Å². The number of methoxy groups -OCH3 is 2. The first-order valence-electron chi connectivity index (χ1n) is 9.69. The van der Waals surface area contributed by atoms with Gasteiger partial charge in [-0.25, -0.2) is 9.97 Å². The molecule has 7 nitrogen and oxygen atoms in total. The van der Waals surface area contributed by atoms with Crippen molar-refractivity contribution < 1.29 is 14.3 Å². The largest absolute Gasteiger partial charge is 0.493 e. The Morgan fingerprint density at radius 3 is 2.29 bits per heavy atom. The third-order valence-corrected chi connectivity index (χ3v) is 4.83. The summed E-state index contributed by atoms with van der Waals surface area (Å²) in [5.74, 6) is 1.70. The summed E-state index contributed by atoms with van der Waals surface area (Å²) >= 11 is 0. The molecule has 156 valence electrons. The number of hydrogen-bond acceptors (Lipinski definition) is 6. The van der Waals surface area contributed by atoms with Crippen LogP contribution in [0.25, 0.3) is 10.9 Å². The lowest BCUT2D eigenvalue weighted by Gasteiger charge is -2.12. The van der Waals surface area contributed by atoms with Crippen molar-refractivity contribution in [3.8, 4) is 11.5 Å². The highest BCUT2D eigenvalue weighted by molar-refractivity contribution is 6.04. The first-order chi connectivity index (χ1) is 15.1. The topological polar surface area (TPSA) is 85.4 Å². The molecule has 0 aliphatic carbocycles. The van der Waals surface area contributed by atoms with E-state index in [1.54, 1.807) is 20.3 Å². The fourth-order valence-electron chi connectivity index (χ4n) is 3.25. The number of hydrogen-bond donors (Lipinski definition) is 2. The summed E-state index contributed by atoms with van der Waals surface area (Å²) in [6.07, 6.45) is 1.49. The van der Waals surface area contributed by atoms with Crippen LogP contribution < -0.4 is 20.1 Å². The van der Waals surface area contributed by atoms with E-state index < -0.39 is 0 Å². The zero-order chi connectivity index (χ0) is 21.8. The molecule has 1 aromatic heterocycles. The Labute approximate surface area is 180 Å². The summed E-state index contributed by atoms with van der Waals surface area (Å²) in [7, 11) is 3.17. The maximum atomic E-state index is 12.4. The number of nitrogens with zero attached hydrogens (tertiary/aromatic N) is 2. The number of carbonyl (C=O) groups is 1. The van der Waals surface area contributed by atoms with E-state index in [9.17, 15) is 4.79 Å². The zero-order valence-electron chi connectivity index (χ0n) is 17.5. The fourth-order valence-corrected chi connectivity index (χ4v) is 3.25. The van der Waals surface area contributed by atoms with E-state index >= 15 is 0 Å². The second-order valence-corrected chi connectivity index (χ2v) is 6.97. The molecule has 0 atom stereocenters. The quantitative estimate of drug-likeness (QED) is 0.464. The lowest BCUT2D eigenvalue weighted by Crippen LogP contribution is -2.11. The van der Waals surface area contributed by atoms with Crippen LogP contribution in [0.4, 0.5) is 17.2 Å². The summed E-state index contributed by atoms with van der Waals surface area (Å²) in [5.41, 5.74) is 3.93. The Morgan fingerprint density at radius 1 is 0.871 bits per heavy atom. The van der Waals surface area contributed by atoms with Crippen LogP contribution in [0.5, 0.6) is 11.5 Å². The van der Waals surface area contributed by atoms with E-state index in [1.165, 1.54) is 6.33 Å². The molecule has 2 N–H and O–H groups in total. The minimum Gasteiger partial charge on any atom is -0.493 e. The van der Waals surface area contributed by atoms with Gasteiger partial charge in [0.25, 0.3) is 5.91 Å². The minimum absolute atomic E-state index is 0.146. The fraction of sp³-hybridized carbons (Fsp3) is 0.125. The van der Waals surface area contributed by atoms with E-state index in [-0.39, 0.29) is 5.91 Å². The molecule has 3 aromatic carbocycles. The number of anilines is 3. The van der Waals surface area contributed by atoms with E-state index in [4.69, 9.17) is 9.47 Å². The average molecular weight is 414 g/mol. The van der Waals surface area contributed by atoms with Gasteiger partial charge in [0, 0.05) is 28.4 Å². The second-order valence-electron chi connectivity index (χ2n) is 6.97. The van der Waals surface area contributed by atoms with Gasteiger partial charge in [-0.05, 0) is 49.4 Å². The molecule has 0 aliphatic heterocycles. The van der Waals surface area contributed by atoms with E-state index in [1.807, 2.05) is 61.5 Å². The summed E-state index contributed by atoms with van der Waals surface area (Å²) in [6, 6.07) is 18.6. The Kier molecular flexibility index (Phi) is 5.66. The molecular formula is C24H22N4O3. The van der Waals surface area contributed by atoms with Gasteiger partial charge >= 0.3 is 0 Å². The molecule has 1 heterocycles. The van der Waals surface area contributed by atoms with Crippen molar-refractivity contribution in [1.29, 1.82) is 0 Å². The summed E-state index contributed by atoms with van der Waals surface area (Å²) in [6.45, 7) is 1.96. The van der Waals surface area contributed by atoms with E-state index in [0.29, 0.717) is 28.6 Å². The molecule has 0 spiro atoms. The first-order valence-corrected chi connectivity index (χ1v) is 9.69. The minimum atomic E-state index is -0.146. The van der Waals surface area contributed by atoms with Crippen molar-refractivity contribution >= 4 is 34.0 Å². The number of aromatic nitrogens is 2. The predicted molar refractivity (Wildman–Crippen MR) is 121 cm³/mol. The highest BCUT2D eigenvalue weighted by Crippen LogP contribution is 2.34. The van der Waals surface area contributed by atoms with Crippen LogP contribution in [0.2, 0.25) is 0 Å². The number of benzene rings is 3. The number of nitrogens with one attached hydrogen (secondary N) is 2. The molecule has 0 saturated carbocycles. The van der Waals surface area contributed by atoms with Gasteiger partial charge in [-0.1, -0.05) is 17.7 Å². The van der Waals surface area contributed by atoms with Crippen LogP contribution in [0.1, 0.15) is 15.9 Å². The SMILES string of the molecule is COc1cc2ncnc(Nc3ccc(NC(=O)c4cccc(C)c4)cc3)c2cc1OC. The lowest BCUT2D eigenvalue weighted by atomic mass is 10.1. The molecule has 0 fully saturated rings. The number of carbonyl (C=O) groups excluding carboxylic acids is 1. The first kappa shape index (κ1) is 20.2. The summed E-state index contributed by atoms with van der Waals surface area (Å²) < 4.78 is 10.7.